The third-order valence-corrected chi connectivity index (χ3v) is 3.66. The SMILES string of the molecule is Cc1cc(C(O)(C(F)(F)F)C(F)(F)F)c(C)n1-c1ccccc1. The highest BCUT2D eigenvalue weighted by Crippen LogP contribution is 2.51. The van der Waals surface area contributed by atoms with E-state index in [1.54, 1.807) is 30.3 Å². The molecule has 8 heteroatoms. The van der Waals surface area contributed by atoms with Crippen LogP contribution in [0.15, 0.2) is 36.4 Å². The number of para-hydroxylation sites is 1. The standard InChI is InChI=1S/C15H13F6NO/c1-9-8-12(13(23,14(16,17)18)15(19,20)21)10(2)22(9)11-6-4-3-5-7-11/h3-8,23H,1-2H3. The van der Waals surface area contributed by atoms with E-state index in [0.29, 0.717) is 11.8 Å². The Kier molecular flexibility index (Phi) is 4.00. The van der Waals surface area contributed by atoms with Crippen LogP contribution in [0.5, 0.6) is 0 Å². The van der Waals surface area contributed by atoms with Crippen LogP contribution in [0.3, 0.4) is 0 Å². The zero-order valence-corrected chi connectivity index (χ0v) is 12.1. The Hall–Kier alpha value is -1.96. The molecule has 1 aromatic carbocycles. The average Bonchev–Trinajstić information content (AvgIpc) is 2.71. The molecule has 2 rings (SSSR count). The van der Waals surface area contributed by atoms with Crippen LogP contribution in [0.4, 0.5) is 26.3 Å². The van der Waals surface area contributed by atoms with Crippen molar-refractivity contribution in [1.82, 2.24) is 4.57 Å². The first-order chi connectivity index (χ1) is 10.4. The van der Waals surface area contributed by atoms with Crippen molar-refractivity contribution >= 4 is 0 Å². The summed E-state index contributed by atoms with van der Waals surface area (Å²) in [4.78, 5) is 0. The van der Waals surface area contributed by atoms with E-state index >= 15 is 0 Å². The van der Waals surface area contributed by atoms with Gasteiger partial charge in [0.25, 0.3) is 5.60 Å². The maximum atomic E-state index is 13.0. The molecule has 126 valence electrons. The van der Waals surface area contributed by atoms with E-state index in [-0.39, 0.29) is 11.4 Å². The summed E-state index contributed by atoms with van der Waals surface area (Å²) in [6.07, 6.45) is -11.8. The van der Waals surface area contributed by atoms with Crippen molar-refractivity contribution in [3.05, 3.63) is 53.3 Å². The molecule has 2 aromatic rings. The second kappa shape index (κ2) is 5.30. The van der Waals surface area contributed by atoms with Crippen LogP contribution < -0.4 is 0 Å². The zero-order valence-electron chi connectivity index (χ0n) is 12.1. The molecule has 1 aromatic heterocycles. The lowest BCUT2D eigenvalue weighted by molar-refractivity contribution is -0.376. The maximum Gasteiger partial charge on any atom is 0.430 e. The summed E-state index contributed by atoms with van der Waals surface area (Å²) in [7, 11) is 0. The molecule has 0 radical (unpaired) electrons. The van der Waals surface area contributed by atoms with Gasteiger partial charge >= 0.3 is 12.4 Å². The summed E-state index contributed by atoms with van der Waals surface area (Å²) in [6, 6.07) is 8.68. The van der Waals surface area contributed by atoms with E-state index in [1.807, 2.05) is 0 Å². The molecular weight excluding hydrogens is 324 g/mol. The highest BCUT2D eigenvalue weighted by Gasteiger charge is 2.72. The van der Waals surface area contributed by atoms with Crippen molar-refractivity contribution in [1.29, 1.82) is 0 Å². The van der Waals surface area contributed by atoms with Crippen molar-refractivity contribution in [2.24, 2.45) is 0 Å². The summed E-state index contributed by atoms with van der Waals surface area (Å²) in [5.74, 6) is 0. The lowest BCUT2D eigenvalue weighted by Crippen LogP contribution is -2.54. The molecule has 0 aliphatic rings. The Balaban J connectivity index is 2.75. The van der Waals surface area contributed by atoms with Gasteiger partial charge in [0.2, 0.25) is 0 Å². The highest BCUT2D eigenvalue weighted by molar-refractivity contribution is 5.44. The second-order valence-electron chi connectivity index (χ2n) is 5.16. The fraction of sp³-hybridized carbons (Fsp3) is 0.333. The van der Waals surface area contributed by atoms with E-state index < -0.39 is 23.5 Å². The lowest BCUT2D eigenvalue weighted by atomic mass is 9.92. The molecule has 0 aliphatic heterocycles. The van der Waals surface area contributed by atoms with Crippen molar-refractivity contribution in [2.45, 2.75) is 31.8 Å². The Bertz CT molecular complexity index is 685. The molecule has 0 amide bonds. The number of rotatable bonds is 2. The molecule has 0 spiro atoms. The lowest BCUT2D eigenvalue weighted by Gasteiger charge is -2.32. The fourth-order valence-corrected chi connectivity index (χ4v) is 2.57. The number of hydrogen-bond donors (Lipinski definition) is 1. The monoisotopic (exact) mass is 337 g/mol. The van der Waals surface area contributed by atoms with E-state index in [0.717, 1.165) is 6.92 Å². The predicted octanol–water partition coefficient (Wildman–Crippen LogP) is 4.41. The number of halogens is 6. The van der Waals surface area contributed by atoms with Gasteiger partial charge in [-0.05, 0) is 32.0 Å². The number of benzene rings is 1. The second-order valence-corrected chi connectivity index (χ2v) is 5.16. The average molecular weight is 337 g/mol. The summed E-state index contributed by atoms with van der Waals surface area (Å²) < 4.78 is 79.4. The molecule has 0 saturated heterocycles. The van der Waals surface area contributed by atoms with Crippen molar-refractivity contribution in [2.75, 3.05) is 0 Å². The first-order valence-electron chi connectivity index (χ1n) is 6.52. The summed E-state index contributed by atoms with van der Waals surface area (Å²) in [6.45, 7) is 2.48. The number of hydrogen-bond acceptors (Lipinski definition) is 1. The molecule has 0 unspecified atom stereocenters. The van der Waals surface area contributed by atoms with Gasteiger partial charge in [-0.1, -0.05) is 18.2 Å². The van der Waals surface area contributed by atoms with Crippen molar-refractivity contribution < 1.29 is 31.4 Å². The number of nitrogens with zero attached hydrogens (tertiary/aromatic N) is 1. The Labute approximate surface area is 128 Å². The first-order valence-corrected chi connectivity index (χ1v) is 6.52. The van der Waals surface area contributed by atoms with Gasteiger partial charge in [0.15, 0.2) is 0 Å². The Morgan fingerprint density at radius 2 is 1.35 bits per heavy atom. The van der Waals surface area contributed by atoms with Gasteiger partial charge in [-0.25, -0.2) is 0 Å². The minimum atomic E-state index is -5.90. The third-order valence-electron chi connectivity index (χ3n) is 3.66. The number of aromatic nitrogens is 1. The van der Waals surface area contributed by atoms with Crippen molar-refractivity contribution in [3.8, 4) is 5.69 Å². The normalized spacial score (nSPS) is 13.4. The van der Waals surface area contributed by atoms with Crippen LogP contribution in [0.1, 0.15) is 17.0 Å². The quantitative estimate of drug-likeness (QED) is 0.807. The van der Waals surface area contributed by atoms with Gasteiger partial charge in [0.05, 0.1) is 0 Å². The van der Waals surface area contributed by atoms with Crippen LogP contribution >= 0.6 is 0 Å². The molecule has 0 fully saturated rings. The molecular formula is C15H13F6NO. The van der Waals surface area contributed by atoms with Gasteiger partial charge in [-0.3, -0.25) is 0 Å². The minimum absolute atomic E-state index is 0.149. The smallest absolute Gasteiger partial charge is 0.369 e. The molecule has 1 heterocycles. The van der Waals surface area contributed by atoms with Crippen LogP contribution in [0.2, 0.25) is 0 Å². The van der Waals surface area contributed by atoms with Gasteiger partial charge in [-0.2, -0.15) is 26.3 Å². The van der Waals surface area contributed by atoms with Crippen LogP contribution in [0, 0.1) is 13.8 Å². The van der Waals surface area contributed by atoms with E-state index in [1.165, 1.54) is 11.5 Å². The fourth-order valence-electron chi connectivity index (χ4n) is 2.57. The minimum Gasteiger partial charge on any atom is -0.369 e. The van der Waals surface area contributed by atoms with Gasteiger partial charge in [-0.15, -0.1) is 0 Å². The predicted molar refractivity (Wildman–Crippen MR) is 71.2 cm³/mol. The molecule has 0 bridgehead atoms. The zero-order chi connectivity index (χ0) is 17.6. The summed E-state index contributed by atoms with van der Waals surface area (Å²) in [5, 5.41) is 9.56. The van der Waals surface area contributed by atoms with E-state index in [4.69, 9.17) is 0 Å². The van der Waals surface area contributed by atoms with Crippen LogP contribution in [-0.4, -0.2) is 22.0 Å². The topological polar surface area (TPSA) is 25.2 Å². The van der Waals surface area contributed by atoms with Gasteiger partial charge < -0.3 is 9.67 Å². The van der Waals surface area contributed by atoms with Gasteiger partial charge in [0.1, 0.15) is 0 Å². The maximum absolute atomic E-state index is 13.0. The molecule has 0 atom stereocenters. The number of aliphatic hydroxyl groups is 1. The molecule has 0 saturated carbocycles. The summed E-state index contributed by atoms with van der Waals surface area (Å²) >= 11 is 0. The third kappa shape index (κ3) is 2.60. The van der Waals surface area contributed by atoms with Gasteiger partial charge in [0, 0.05) is 22.6 Å². The number of alkyl halides is 6. The largest absolute Gasteiger partial charge is 0.430 e. The molecule has 2 nitrogen and oxygen atoms in total. The number of aryl methyl sites for hydroxylation is 1. The summed E-state index contributed by atoms with van der Waals surface area (Å²) in [5.41, 5.74) is -5.92. The molecule has 0 aliphatic carbocycles. The van der Waals surface area contributed by atoms with Crippen molar-refractivity contribution in [3.63, 3.8) is 0 Å². The van der Waals surface area contributed by atoms with Crippen LogP contribution in [0.25, 0.3) is 5.69 Å². The molecule has 1 N–H and O–H groups in total. The molecule has 23 heavy (non-hydrogen) atoms. The van der Waals surface area contributed by atoms with E-state index in [2.05, 4.69) is 0 Å². The van der Waals surface area contributed by atoms with Crippen LogP contribution in [-0.2, 0) is 5.60 Å². The van der Waals surface area contributed by atoms with E-state index in [9.17, 15) is 31.4 Å². The Morgan fingerprint density at radius 3 is 1.78 bits per heavy atom. The first kappa shape index (κ1) is 17.4. The highest BCUT2D eigenvalue weighted by atomic mass is 19.4. The Morgan fingerprint density at radius 1 is 0.870 bits per heavy atom.